The van der Waals surface area contributed by atoms with E-state index in [0.717, 1.165) is 27.1 Å². The molecular weight excluding hydrogens is 498 g/mol. The summed E-state index contributed by atoms with van der Waals surface area (Å²) in [7, 11) is -3.65. The predicted molar refractivity (Wildman–Crippen MR) is 144 cm³/mol. The molecular formula is C24H27N7O3S2. The Hall–Kier alpha value is -3.64. The molecule has 2 amide bonds. The molecule has 0 bridgehead atoms. The molecule has 3 heterocycles. The van der Waals surface area contributed by atoms with Crippen molar-refractivity contribution >= 4 is 48.7 Å². The van der Waals surface area contributed by atoms with Crippen LogP contribution < -0.4 is 15.4 Å². The number of anilines is 2. The van der Waals surface area contributed by atoms with Crippen molar-refractivity contribution in [1.29, 1.82) is 0 Å². The second kappa shape index (κ2) is 9.78. The number of hydrogen-bond donors (Lipinski definition) is 3. The molecule has 0 aliphatic rings. The molecule has 0 spiro atoms. The fraction of sp³-hybridized carbons (Fsp3) is 0.292. The molecule has 4 rings (SSSR count). The van der Waals surface area contributed by atoms with Crippen LogP contribution >= 0.6 is 11.3 Å². The van der Waals surface area contributed by atoms with Gasteiger partial charge in [-0.25, -0.2) is 28.2 Å². The Morgan fingerprint density at radius 2 is 1.81 bits per heavy atom. The number of carbonyl (C=O) groups is 1. The molecule has 4 aromatic rings. The lowest BCUT2D eigenvalue weighted by Gasteiger charge is -2.19. The minimum atomic E-state index is -3.65. The number of sulfonamides is 1. The summed E-state index contributed by atoms with van der Waals surface area (Å²) in [6.45, 7) is 9.12. The lowest BCUT2D eigenvalue weighted by Crippen LogP contribution is -2.34. The normalized spacial score (nSPS) is 11.9. The summed E-state index contributed by atoms with van der Waals surface area (Å²) in [5.41, 5.74) is 4.79. The Labute approximate surface area is 213 Å². The van der Waals surface area contributed by atoms with Gasteiger partial charge in [-0.1, -0.05) is 17.4 Å². The number of aryl methyl sites for hydroxylation is 1. The number of aromatic nitrogens is 4. The first-order chi connectivity index (χ1) is 17.0. The highest BCUT2D eigenvalue weighted by atomic mass is 32.2. The van der Waals surface area contributed by atoms with Crippen molar-refractivity contribution in [2.75, 3.05) is 16.6 Å². The van der Waals surface area contributed by atoms with Gasteiger partial charge in [0.1, 0.15) is 0 Å². The quantitative estimate of drug-likeness (QED) is 0.328. The number of carbonyl (C=O) groups excluding carboxylic acids is 1. The minimum Gasteiger partial charge on any atom is -0.338 e. The van der Waals surface area contributed by atoms with Gasteiger partial charge in [0, 0.05) is 36.3 Å². The molecule has 10 nitrogen and oxygen atoms in total. The summed E-state index contributed by atoms with van der Waals surface area (Å²) < 4.78 is 27.2. The van der Waals surface area contributed by atoms with Crippen LogP contribution in [0.4, 0.5) is 15.9 Å². The number of rotatable bonds is 6. The van der Waals surface area contributed by atoms with Crippen LogP contribution in [0.2, 0.25) is 0 Å². The first-order valence-electron chi connectivity index (χ1n) is 11.2. The number of urea groups is 1. The van der Waals surface area contributed by atoms with Gasteiger partial charge in [0.25, 0.3) is 0 Å². The van der Waals surface area contributed by atoms with Crippen molar-refractivity contribution in [3.05, 3.63) is 48.4 Å². The number of nitrogens with one attached hydrogen (secondary N) is 3. The summed E-state index contributed by atoms with van der Waals surface area (Å²) in [5, 5.41) is 5.94. The zero-order valence-corrected chi connectivity index (χ0v) is 22.2. The average Bonchev–Trinajstić information content (AvgIpc) is 3.20. The molecule has 1 aromatic carbocycles. The smallest absolute Gasteiger partial charge is 0.321 e. The van der Waals surface area contributed by atoms with E-state index in [1.54, 1.807) is 39.4 Å². The first kappa shape index (κ1) is 25.5. The third-order valence-corrected chi connectivity index (χ3v) is 8.41. The van der Waals surface area contributed by atoms with Gasteiger partial charge < -0.3 is 5.32 Å². The average molecular weight is 526 g/mol. The van der Waals surface area contributed by atoms with Gasteiger partial charge in [0.2, 0.25) is 16.0 Å². The summed E-state index contributed by atoms with van der Waals surface area (Å²) in [4.78, 5) is 29.7. The van der Waals surface area contributed by atoms with Gasteiger partial charge in [0.15, 0.2) is 5.13 Å². The Morgan fingerprint density at radius 1 is 1.08 bits per heavy atom. The maximum atomic E-state index is 12.4. The third kappa shape index (κ3) is 5.29. The van der Waals surface area contributed by atoms with Crippen LogP contribution in [0.1, 0.15) is 33.3 Å². The number of benzene rings is 1. The first-order valence-corrected chi connectivity index (χ1v) is 13.5. The van der Waals surface area contributed by atoms with E-state index in [2.05, 4.69) is 35.3 Å². The second-order valence-electron chi connectivity index (χ2n) is 9.06. The van der Waals surface area contributed by atoms with Crippen LogP contribution in [0.25, 0.3) is 32.6 Å². The van der Waals surface area contributed by atoms with Crippen molar-refractivity contribution in [3.63, 3.8) is 0 Å². The fourth-order valence-corrected chi connectivity index (χ4v) is 4.91. The van der Waals surface area contributed by atoms with E-state index in [1.807, 2.05) is 38.1 Å². The molecule has 0 aliphatic carbocycles. The van der Waals surface area contributed by atoms with Gasteiger partial charge in [-0.05, 0) is 63.9 Å². The van der Waals surface area contributed by atoms with Gasteiger partial charge >= 0.3 is 6.03 Å². The van der Waals surface area contributed by atoms with Gasteiger partial charge in [-0.2, -0.15) is 0 Å². The number of nitrogens with zero attached hydrogens (tertiary/aromatic N) is 4. The summed E-state index contributed by atoms with van der Waals surface area (Å²) in [5.74, 6) is -0.00220. The number of amides is 2. The molecule has 0 saturated carbocycles. The highest BCUT2D eigenvalue weighted by Crippen LogP contribution is 2.39. The monoisotopic (exact) mass is 525 g/mol. The number of thiazole rings is 1. The SMILES string of the molecule is CCNC(=O)Nc1nc2cc(-c3cnc(NS(=O)(=O)C(C)(C)C)nc3)cc(-c3ncccc3C)c2s1. The molecule has 0 saturated heterocycles. The molecule has 0 atom stereocenters. The molecule has 0 aliphatic heterocycles. The second-order valence-corrected chi connectivity index (χ2v) is 12.5. The van der Waals surface area contributed by atoms with Crippen molar-refractivity contribution in [2.24, 2.45) is 0 Å². The molecule has 188 valence electrons. The lowest BCUT2D eigenvalue weighted by molar-refractivity contribution is 0.252. The molecule has 0 fully saturated rings. The van der Waals surface area contributed by atoms with Crippen LogP contribution in [-0.2, 0) is 10.0 Å². The maximum Gasteiger partial charge on any atom is 0.321 e. The number of pyridine rings is 1. The molecule has 3 aromatic heterocycles. The van der Waals surface area contributed by atoms with E-state index in [0.29, 0.717) is 22.8 Å². The number of fused-ring (bicyclic) bond motifs is 1. The van der Waals surface area contributed by atoms with E-state index in [9.17, 15) is 13.2 Å². The van der Waals surface area contributed by atoms with E-state index < -0.39 is 14.8 Å². The van der Waals surface area contributed by atoms with Crippen molar-refractivity contribution < 1.29 is 13.2 Å². The minimum absolute atomic E-state index is 0.00220. The molecule has 3 N–H and O–H groups in total. The van der Waals surface area contributed by atoms with Gasteiger partial charge in [0.05, 0.1) is 20.7 Å². The third-order valence-electron chi connectivity index (χ3n) is 5.33. The van der Waals surface area contributed by atoms with Crippen molar-refractivity contribution in [2.45, 2.75) is 39.4 Å². The summed E-state index contributed by atoms with van der Waals surface area (Å²) in [6, 6.07) is 7.39. The highest BCUT2D eigenvalue weighted by molar-refractivity contribution is 7.94. The fourth-order valence-electron chi connectivity index (χ4n) is 3.30. The summed E-state index contributed by atoms with van der Waals surface area (Å²) in [6.07, 6.45) is 4.85. The zero-order chi connectivity index (χ0) is 26.1. The predicted octanol–water partition coefficient (Wildman–Crippen LogP) is 4.81. The van der Waals surface area contributed by atoms with E-state index in [-0.39, 0.29) is 12.0 Å². The van der Waals surface area contributed by atoms with E-state index in [1.165, 1.54) is 11.3 Å². The standard InChI is InChI=1S/C24H27N7O3S2/c1-6-25-22(32)30-23-29-18-11-15(10-17(20(18)35-23)19-14(2)8-7-9-26-19)16-12-27-21(28-13-16)31-36(33,34)24(3,4)5/h7-13H,6H2,1-5H3,(H,27,28,31)(H2,25,29,30,32). The maximum absolute atomic E-state index is 12.4. The van der Waals surface area contributed by atoms with Gasteiger partial charge in [-0.3, -0.25) is 15.0 Å². The largest absolute Gasteiger partial charge is 0.338 e. The van der Waals surface area contributed by atoms with Crippen LogP contribution in [0.5, 0.6) is 0 Å². The van der Waals surface area contributed by atoms with Crippen LogP contribution in [0.3, 0.4) is 0 Å². The molecule has 12 heteroatoms. The zero-order valence-electron chi connectivity index (χ0n) is 20.6. The Morgan fingerprint density at radius 3 is 2.44 bits per heavy atom. The van der Waals surface area contributed by atoms with Crippen molar-refractivity contribution in [1.82, 2.24) is 25.3 Å². The van der Waals surface area contributed by atoms with E-state index in [4.69, 9.17) is 0 Å². The Bertz CT molecular complexity index is 1530. The summed E-state index contributed by atoms with van der Waals surface area (Å²) >= 11 is 1.37. The molecule has 0 radical (unpaired) electrons. The topological polar surface area (TPSA) is 139 Å². The van der Waals surface area contributed by atoms with Crippen LogP contribution in [-0.4, -0.2) is 45.7 Å². The molecule has 36 heavy (non-hydrogen) atoms. The number of hydrogen-bond acceptors (Lipinski definition) is 8. The lowest BCUT2D eigenvalue weighted by atomic mass is 10.0. The van der Waals surface area contributed by atoms with Gasteiger partial charge in [-0.15, -0.1) is 0 Å². The van der Waals surface area contributed by atoms with Crippen molar-refractivity contribution in [3.8, 4) is 22.4 Å². The van der Waals surface area contributed by atoms with Crippen LogP contribution in [0.15, 0.2) is 42.9 Å². The van der Waals surface area contributed by atoms with E-state index >= 15 is 0 Å². The highest BCUT2D eigenvalue weighted by Gasteiger charge is 2.29. The Balaban J connectivity index is 1.78. The molecule has 0 unspecified atom stereocenters. The van der Waals surface area contributed by atoms with Crippen LogP contribution in [0, 0.1) is 6.92 Å². The Kier molecular flexibility index (Phi) is 6.92.